The van der Waals surface area contributed by atoms with E-state index in [1.54, 1.807) is 0 Å². The fourth-order valence-electron chi connectivity index (χ4n) is 3.63. The Morgan fingerprint density at radius 1 is 1.15 bits per heavy atom. The van der Waals surface area contributed by atoms with Gasteiger partial charge in [-0.3, -0.25) is 4.79 Å². The maximum absolute atomic E-state index is 11.6. The summed E-state index contributed by atoms with van der Waals surface area (Å²) in [5.74, 6) is -0.855. The van der Waals surface area contributed by atoms with Crippen LogP contribution in [0.2, 0.25) is 0 Å². The van der Waals surface area contributed by atoms with Gasteiger partial charge in [0, 0.05) is 24.9 Å². The van der Waals surface area contributed by atoms with E-state index in [2.05, 4.69) is 10.6 Å². The van der Waals surface area contributed by atoms with Crippen molar-refractivity contribution in [3.63, 3.8) is 0 Å². The summed E-state index contributed by atoms with van der Waals surface area (Å²) in [5.41, 5.74) is 0.321. The van der Waals surface area contributed by atoms with E-state index in [1.165, 1.54) is 19.3 Å². The molecular weight excluding hydrogens is 260 g/mol. The van der Waals surface area contributed by atoms with Gasteiger partial charge in [0.05, 0.1) is 6.61 Å². The van der Waals surface area contributed by atoms with Crippen LogP contribution >= 0.6 is 0 Å². The van der Waals surface area contributed by atoms with Crippen LogP contribution in [0.3, 0.4) is 0 Å². The lowest BCUT2D eigenvalue weighted by molar-refractivity contribution is -0.137. The van der Waals surface area contributed by atoms with Crippen LogP contribution in [-0.2, 0) is 4.79 Å². The summed E-state index contributed by atoms with van der Waals surface area (Å²) in [6, 6.07) is -0.280. The van der Waals surface area contributed by atoms with Crippen LogP contribution in [0.5, 0.6) is 0 Å². The van der Waals surface area contributed by atoms with Crippen LogP contribution in [0.25, 0.3) is 0 Å². The van der Waals surface area contributed by atoms with Gasteiger partial charge in [-0.15, -0.1) is 0 Å². The van der Waals surface area contributed by atoms with Gasteiger partial charge in [-0.05, 0) is 37.5 Å². The van der Waals surface area contributed by atoms with E-state index >= 15 is 0 Å². The van der Waals surface area contributed by atoms with E-state index in [0.29, 0.717) is 24.9 Å². The summed E-state index contributed by atoms with van der Waals surface area (Å²) in [6.45, 7) is 0.970. The summed E-state index contributed by atoms with van der Waals surface area (Å²) >= 11 is 0. The predicted molar refractivity (Wildman–Crippen MR) is 73.3 cm³/mol. The quantitative estimate of drug-likeness (QED) is 0.526. The van der Waals surface area contributed by atoms with Crippen molar-refractivity contribution in [2.75, 3.05) is 19.7 Å². The highest BCUT2D eigenvalue weighted by molar-refractivity contribution is 5.74. The zero-order valence-electron chi connectivity index (χ0n) is 11.8. The highest BCUT2D eigenvalue weighted by Gasteiger charge is 2.56. The molecule has 2 aliphatic rings. The molecule has 2 aliphatic carbocycles. The lowest BCUT2D eigenvalue weighted by Gasteiger charge is -2.60. The van der Waals surface area contributed by atoms with Gasteiger partial charge < -0.3 is 20.8 Å². The minimum atomic E-state index is -0.855. The van der Waals surface area contributed by atoms with Crippen LogP contribution in [-0.4, -0.2) is 41.9 Å². The third kappa shape index (κ3) is 3.42. The van der Waals surface area contributed by atoms with Gasteiger partial charge in [-0.25, -0.2) is 4.79 Å². The highest BCUT2D eigenvalue weighted by atomic mass is 16.4. The third-order valence-corrected chi connectivity index (χ3v) is 4.73. The largest absolute Gasteiger partial charge is 0.481 e. The number of hydrogen-bond acceptors (Lipinski definition) is 3. The Morgan fingerprint density at radius 3 is 2.35 bits per heavy atom. The molecule has 0 unspecified atom stereocenters. The van der Waals surface area contributed by atoms with Crippen LogP contribution in [0.15, 0.2) is 0 Å². The monoisotopic (exact) mass is 284 g/mol. The van der Waals surface area contributed by atoms with Gasteiger partial charge in [0.1, 0.15) is 0 Å². The van der Waals surface area contributed by atoms with Gasteiger partial charge >= 0.3 is 12.0 Å². The molecular formula is C14H24N2O4. The Balaban J connectivity index is 1.61. The topological polar surface area (TPSA) is 98.7 Å². The van der Waals surface area contributed by atoms with Gasteiger partial charge in [0.25, 0.3) is 0 Å². The molecule has 0 atom stereocenters. The average molecular weight is 284 g/mol. The second kappa shape index (κ2) is 5.99. The molecule has 0 aromatic rings. The summed E-state index contributed by atoms with van der Waals surface area (Å²) in [7, 11) is 0. The van der Waals surface area contributed by atoms with E-state index in [9.17, 15) is 14.7 Å². The first-order chi connectivity index (χ1) is 9.49. The minimum Gasteiger partial charge on any atom is -0.481 e. The van der Waals surface area contributed by atoms with Crippen molar-refractivity contribution in [1.29, 1.82) is 0 Å². The van der Waals surface area contributed by atoms with Crippen LogP contribution in [0, 0.1) is 10.8 Å². The number of amides is 2. The van der Waals surface area contributed by atoms with Gasteiger partial charge in [0.15, 0.2) is 0 Å². The molecule has 1 spiro atoms. The second-order valence-electron chi connectivity index (χ2n) is 6.47. The molecule has 114 valence electrons. The minimum absolute atomic E-state index is 0.0589. The number of carbonyl (C=O) groups is 2. The molecule has 0 saturated heterocycles. The van der Waals surface area contributed by atoms with Gasteiger partial charge in [-0.2, -0.15) is 0 Å². The normalized spacial score (nSPS) is 21.6. The standard InChI is InChI=1S/C14H24N2O4/c17-10-14(7-13(8-14)4-2-5-13)9-16-12(20)15-6-1-3-11(18)19/h17H,1-10H2,(H,18,19)(H2,15,16,20). The molecule has 2 amide bonds. The molecule has 0 aromatic heterocycles. The van der Waals surface area contributed by atoms with Crippen LogP contribution < -0.4 is 10.6 Å². The van der Waals surface area contributed by atoms with E-state index in [0.717, 1.165) is 12.8 Å². The SMILES string of the molecule is O=C(O)CCCNC(=O)NCC1(CO)CC2(CCC2)C1. The predicted octanol–water partition coefficient (Wildman–Crippen LogP) is 1.09. The van der Waals surface area contributed by atoms with Crippen molar-refractivity contribution in [2.24, 2.45) is 10.8 Å². The van der Waals surface area contributed by atoms with Crippen molar-refractivity contribution in [2.45, 2.75) is 44.9 Å². The number of aliphatic hydroxyl groups is 1. The maximum Gasteiger partial charge on any atom is 0.314 e. The summed E-state index contributed by atoms with van der Waals surface area (Å²) < 4.78 is 0. The smallest absolute Gasteiger partial charge is 0.314 e. The van der Waals surface area contributed by atoms with Crippen molar-refractivity contribution in [1.82, 2.24) is 10.6 Å². The maximum atomic E-state index is 11.6. The molecule has 0 aromatic carbocycles. The van der Waals surface area contributed by atoms with Crippen molar-refractivity contribution in [3.8, 4) is 0 Å². The Kier molecular flexibility index (Phi) is 4.52. The van der Waals surface area contributed by atoms with E-state index in [4.69, 9.17) is 5.11 Å². The highest BCUT2D eigenvalue weighted by Crippen LogP contribution is 2.63. The Bertz CT molecular complexity index is 371. The lowest BCUT2D eigenvalue weighted by Crippen LogP contribution is -2.57. The molecule has 2 fully saturated rings. The number of carboxylic acid groups (broad SMARTS) is 1. The molecule has 0 heterocycles. The fraction of sp³-hybridized carbons (Fsp3) is 0.857. The zero-order valence-corrected chi connectivity index (χ0v) is 11.8. The third-order valence-electron chi connectivity index (χ3n) is 4.73. The molecule has 4 N–H and O–H groups in total. The number of hydrogen-bond donors (Lipinski definition) is 4. The van der Waals surface area contributed by atoms with Crippen LogP contribution in [0.4, 0.5) is 4.79 Å². The number of carboxylic acids is 1. The van der Waals surface area contributed by atoms with E-state index in [-0.39, 0.29) is 24.5 Å². The van der Waals surface area contributed by atoms with E-state index in [1.807, 2.05) is 0 Å². The van der Waals surface area contributed by atoms with Crippen molar-refractivity contribution in [3.05, 3.63) is 0 Å². The number of urea groups is 1. The lowest BCUT2D eigenvalue weighted by atomic mass is 9.45. The number of aliphatic hydroxyl groups excluding tert-OH is 1. The molecule has 0 bridgehead atoms. The van der Waals surface area contributed by atoms with Crippen LogP contribution in [0.1, 0.15) is 44.9 Å². The Morgan fingerprint density at radius 2 is 1.85 bits per heavy atom. The van der Waals surface area contributed by atoms with E-state index < -0.39 is 5.97 Å². The van der Waals surface area contributed by atoms with Gasteiger partial charge in [0.2, 0.25) is 0 Å². The average Bonchev–Trinajstić information content (AvgIpc) is 2.31. The zero-order chi connectivity index (χ0) is 14.6. The summed E-state index contributed by atoms with van der Waals surface area (Å²) in [5, 5.41) is 23.5. The Labute approximate surface area is 118 Å². The number of carbonyl (C=O) groups excluding carboxylic acids is 1. The number of rotatable bonds is 7. The fourth-order valence-corrected chi connectivity index (χ4v) is 3.63. The van der Waals surface area contributed by atoms with Crippen molar-refractivity contribution < 1.29 is 19.8 Å². The first-order valence-corrected chi connectivity index (χ1v) is 7.34. The summed E-state index contributed by atoms with van der Waals surface area (Å²) in [4.78, 5) is 21.9. The van der Waals surface area contributed by atoms with Crippen molar-refractivity contribution >= 4 is 12.0 Å². The molecule has 2 saturated carbocycles. The summed E-state index contributed by atoms with van der Waals surface area (Å²) in [6.07, 6.45) is 6.32. The molecule has 0 aliphatic heterocycles. The van der Waals surface area contributed by atoms with Gasteiger partial charge in [-0.1, -0.05) is 6.42 Å². The molecule has 0 radical (unpaired) electrons. The first kappa shape index (κ1) is 15.1. The Hall–Kier alpha value is -1.30. The molecule has 2 rings (SSSR count). The number of nitrogens with one attached hydrogen (secondary N) is 2. The number of aliphatic carboxylic acids is 1. The molecule has 6 nitrogen and oxygen atoms in total. The second-order valence-corrected chi connectivity index (χ2v) is 6.47. The molecule has 6 heteroatoms. The molecule has 20 heavy (non-hydrogen) atoms. The first-order valence-electron chi connectivity index (χ1n) is 7.34.